The van der Waals surface area contributed by atoms with Crippen molar-refractivity contribution < 1.29 is 14.1 Å². The van der Waals surface area contributed by atoms with Gasteiger partial charge in [-0.3, -0.25) is 14.9 Å². The monoisotopic (exact) mass is 475 g/mol. The second kappa shape index (κ2) is 9.89. The van der Waals surface area contributed by atoms with Crippen LogP contribution in [0.1, 0.15) is 37.3 Å². The van der Waals surface area contributed by atoms with E-state index in [9.17, 15) is 14.9 Å². The van der Waals surface area contributed by atoms with E-state index >= 15 is 0 Å². The van der Waals surface area contributed by atoms with E-state index < -0.39 is 4.92 Å². The molecule has 1 N–H and O–H groups in total. The lowest BCUT2D eigenvalue weighted by Gasteiger charge is -2.07. The van der Waals surface area contributed by atoms with Crippen molar-refractivity contribution in [1.82, 2.24) is 4.98 Å². The van der Waals surface area contributed by atoms with Gasteiger partial charge < -0.3 is 9.73 Å². The molecule has 172 valence electrons. The number of nitrogens with one attached hydrogen (secondary N) is 1. The molecule has 0 bridgehead atoms. The summed E-state index contributed by atoms with van der Waals surface area (Å²) < 4.78 is 5.92. The molecule has 1 heterocycles. The molecule has 8 heteroatoms. The van der Waals surface area contributed by atoms with Crippen LogP contribution in [-0.4, -0.2) is 15.8 Å². The van der Waals surface area contributed by atoms with Crippen LogP contribution in [0, 0.1) is 10.1 Å². The smallest absolute Gasteiger partial charge is 0.288 e. The number of carbonyl (C=O) groups excluding carboxylic acids is 1. The molecule has 0 unspecified atom stereocenters. The largest absolute Gasteiger partial charge is 0.436 e. The highest BCUT2D eigenvalue weighted by Gasteiger charge is 2.13. The van der Waals surface area contributed by atoms with Gasteiger partial charge in [-0.05, 0) is 65.9 Å². The van der Waals surface area contributed by atoms with Gasteiger partial charge in [0.1, 0.15) is 10.5 Å². The SMILES string of the molecule is CC[C@@H](C)c1ccc2oc(-c3cccc(NC(=O)/C=C/c4ccc(Cl)c([N+](=O)[O-])c4)c3)nc2c1. The van der Waals surface area contributed by atoms with E-state index in [1.54, 1.807) is 24.3 Å². The highest BCUT2D eigenvalue weighted by atomic mass is 35.5. The number of nitrogens with zero attached hydrogens (tertiary/aromatic N) is 2. The molecule has 3 aromatic carbocycles. The molecule has 0 radical (unpaired) electrons. The minimum atomic E-state index is -0.567. The number of aromatic nitrogens is 1. The first-order chi connectivity index (χ1) is 16.3. The van der Waals surface area contributed by atoms with Crippen molar-refractivity contribution in [3.05, 3.63) is 93.0 Å². The van der Waals surface area contributed by atoms with Gasteiger partial charge in [-0.25, -0.2) is 4.98 Å². The van der Waals surface area contributed by atoms with Crippen LogP contribution < -0.4 is 5.32 Å². The van der Waals surface area contributed by atoms with Crippen LogP contribution in [0.3, 0.4) is 0 Å². The number of oxazole rings is 1. The summed E-state index contributed by atoms with van der Waals surface area (Å²) in [6.07, 6.45) is 3.83. The number of nitro benzene ring substituents is 1. The van der Waals surface area contributed by atoms with Crippen LogP contribution in [-0.2, 0) is 4.79 Å². The molecule has 4 aromatic rings. The molecule has 7 nitrogen and oxygen atoms in total. The van der Waals surface area contributed by atoms with Gasteiger partial charge in [0.15, 0.2) is 5.58 Å². The summed E-state index contributed by atoms with van der Waals surface area (Å²) in [7, 11) is 0. The van der Waals surface area contributed by atoms with Gasteiger partial charge in [-0.15, -0.1) is 0 Å². The van der Waals surface area contributed by atoms with Gasteiger partial charge in [0.2, 0.25) is 11.8 Å². The van der Waals surface area contributed by atoms with Crippen LogP contribution in [0.25, 0.3) is 28.6 Å². The first kappa shape index (κ1) is 23.2. The van der Waals surface area contributed by atoms with Crippen molar-refractivity contribution in [2.75, 3.05) is 5.32 Å². The van der Waals surface area contributed by atoms with Crippen molar-refractivity contribution >= 4 is 46.1 Å². The molecule has 34 heavy (non-hydrogen) atoms. The second-order valence-electron chi connectivity index (χ2n) is 7.93. The summed E-state index contributed by atoms with van der Waals surface area (Å²) in [5, 5.41) is 13.8. The number of fused-ring (bicyclic) bond motifs is 1. The molecule has 0 fully saturated rings. The average Bonchev–Trinajstić information content (AvgIpc) is 3.26. The Labute approximate surface area is 201 Å². The number of carbonyl (C=O) groups is 1. The molecule has 0 saturated carbocycles. The third-order valence-electron chi connectivity index (χ3n) is 5.56. The molecule has 0 aliphatic rings. The normalized spacial score (nSPS) is 12.2. The Bertz CT molecular complexity index is 1410. The topological polar surface area (TPSA) is 98.3 Å². The Balaban J connectivity index is 1.50. The second-order valence-corrected chi connectivity index (χ2v) is 8.33. The maximum absolute atomic E-state index is 12.4. The summed E-state index contributed by atoms with van der Waals surface area (Å²) in [6.45, 7) is 4.33. The van der Waals surface area contributed by atoms with Gasteiger partial charge in [0.25, 0.3) is 5.69 Å². The number of benzene rings is 3. The van der Waals surface area contributed by atoms with Gasteiger partial charge in [0, 0.05) is 23.4 Å². The van der Waals surface area contributed by atoms with Crippen LogP contribution in [0.2, 0.25) is 5.02 Å². The molecular formula is C26H22ClN3O4. The van der Waals surface area contributed by atoms with Crippen LogP contribution in [0.4, 0.5) is 11.4 Å². The number of rotatable bonds is 7. The number of anilines is 1. The molecule has 1 aromatic heterocycles. The molecule has 0 aliphatic heterocycles. The van der Waals surface area contributed by atoms with E-state index in [2.05, 4.69) is 30.2 Å². The minimum Gasteiger partial charge on any atom is -0.436 e. The zero-order chi connectivity index (χ0) is 24.2. The van der Waals surface area contributed by atoms with Crippen LogP contribution >= 0.6 is 11.6 Å². The number of nitro groups is 1. The predicted octanol–water partition coefficient (Wildman–Crippen LogP) is 7.22. The lowest BCUT2D eigenvalue weighted by Crippen LogP contribution is -2.07. The molecule has 1 atom stereocenters. The van der Waals surface area contributed by atoms with E-state index in [1.807, 2.05) is 18.2 Å². The Hall–Kier alpha value is -3.97. The zero-order valence-corrected chi connectivity index (χ0v) is 19.4. The van der Waals surface area contributed by atoms with Gasteiger partial charge in [-0.1, -0.05) is 43.6 Å². The highest BCUT2D eigenvalue weighted by Crippen LogP contribution is 2.29. The van der Waals surface area contributed by atoms with Gasteiger partial charge in [0.05, 0.1) is 4.92 Å². The molecule has 4 rings (SSSR count). The Kier molecular flexibility index (Phi) is 6.75. The molecular weight excluding hydrogens is 454 g/mol. The van der Waals surface area contributed by atoms with Crippen molar-refractivity contribution in [1.29, 1.82) is 0 Å². The lowest BCUT2D eigenvalue weighted by molar-refractivity contribution is -0.384. The van der Waals surface area contributed by atoms with Gasteiger partial charge in [-0.2, -0.15) is 0 Å². The Morgan fingerprint density at radius 1 is 1.21 bits per heavy atom. The molecule has 1 amide bonds. The van der Waals surface area contributed by atoms with E-state index in [-0.39, 0.29) is 16.6 Å². The molecule has 0 aliphatic carbocycles. The van der Waals surface area contributed by atoms with E-state index in [4.69, 9.17) is 16.0 Å². The Morgan fingerprint density at radius 2 is 2.03 bits per heavy atom. The summed E-state index contributed by atoms with van der Waals surface area (Å²) in [4.78, 5) is 27.5. The fourth-order valence-electron chi connectivity index (χ4n) is 3.47. The summed E-state index contributed by atoms with van der Waals surface area (Å²) >= 11 is 5.82. The van der Waals surface area contributed by atoms with E-state index in [1.165, 1.54) is 29.8 Å². The van der Waals surface area contributed by atoms with E-state index in [0.717, 1.165) is 17.5 Å². The van der Waals surface area contributed by atoms with Crippen LogP contribution in [0.5, 0.6) is 0 Å². The quantitative estimate of drug-likeness (QED) is 0.173. The number of halogens is 1. The summed E-state index contributed by atoms with van der Waals surface area (Å²) in [5.74, 6) is 0.525. The third kappa shape index (κ3) is 5.15. The average molecular weight is 476 g/mol. The van der Waals surface area contributed by atoms with Crippen molar-refractivity contribution in [3.8, 4) is 11.5 Å². The fraction of sp³-hybridized carbons (Fsp3) is 0.154. The third-order valence-corrected chi connectivity index (χ3v) is 5.88. The van der Waals surface area contributed by atoms with Crippen molar-refractivity contribution in [2.24, 2.45) is 0 Å². The van der Waals surface area contributed by atoms with Crippen molar-refractivity contribution in [3.63, 3.8) is 0 Å². The standard InChI is InChI=1S/C26H22ClN3O4/c1-3-16(2)18-9-11-24-22(15-18)29-26(34-24)19-5-4-6-20(14-19)28-25(31)12-8-17-7-10-21(27)23(13-17)30(32)33/h4-16H,3H2,1-2H3,(H,28,31)/b12-8+/t16-/m1/s1. The summed E-state index contributed by atoms with van der Waals surface area (Å²) in [5.41, 5.74) is 4.29. The zero-order valence-electron chi connectivity index (χ0n) is 18.6. The fourth-order valence-corrected chi connectivity index (χ4v) is 3.66. The minimum absolute atomic E-state index is 0.0405. The van der Waals surface area contributed by atoms with E-state index in [0.29, 0.717) is 28.6 Å². The van der Waals surface area contributed by atoms with Crippen LogP contribution in [0.15, 0.2) is 71.2 Å². The number of hydrogen-bond acceptors (Lipinski definition) is 5. The first-order valence-corrected chi connectivity index (χ1v) is 11.2. The van der Waals surface area contributed by atoms with Gasteiger partial charge >= 0.3 is 0 Å². The first-order valence-electron chi connectivity index (χ1n) is 10.8. The summed E-state index contributed by atoms with van der Waals surface area (Å²) in [6, 6.07) is 17.6. The molecule has 0 spiro atoms. The molecule has 0 saturated heterocycles. The lowest BCUT2D eigenvalue weighted by atomic mass is 9.98. The maximum Gasteiger partial charge on any atom is 0.288 e. The van der Waals surface area contributed by atoms with Crippen molar-refractivity contribution in [2.45, 2.75) is 26.2 Å². The number of hydrogen-bond donors (Lipinski definition) is 1. The highest BCUT2D eigenvalue weighted by molar-refractivity contribution is 6.32. The number of amides is 1. The predicted molar refractivity (Wildman–Crippen MR) is 134 cm³/mol. The maximum atomic E-state index is 12.4. The Morgan fingerprint density at radius 3 is 2.79 bits per heavy atom.